The molecular weight excluding hydrogens is 476 g/mol. The summed E-state index contributed by atoms with van der Waals surface area (Å²) >= 11 is 8.74. The Bertz CT molecular complexity index is 1160. The fourth-order valence-corrected chi connectivity index (χ4v) is 6.28. The Morgan fingerprint density at radius 1 is 1.15 bits per heavy atom. The van der Waals surface area contributed by atoms with Crippen LogP contribution in [0.2, 0.25) is 0 Å². The highest BCUT2D eigenvalue weighted by Crippen LogP contribution is 2.44. The molecule has 2 aliphatic rings. The van der Waals surface area contributed by atoms with Gasteiger partial charge in [0.05, 0.1) is 0 Å². The highest BCUT2D eigenvalue weighted by molar-refractivity contribution is 8.00. The van der Waals surface area contributed by atoms with Gasteiger partial charge in [0.25, 0.3) is 5.91 Å². The van der Waals surface area contributed by atoms with Gasteiger partial charge in [-0.15, -0.1) is 33.3 Å². The molecule has 0 saturated carbocycles. The van der Waals surface area contributed by atoms with Crippen LogP contribution in [-0.2, 0) is 14.3 Å². The molecule has 0 bridgehead atoms. The standard InChI is InChI=1S/C23H18N4O3S3/c28-12-24-17-21(29)27-18(16(11-32-22(17)27)20-26-25-13-33-20)23(31)30-19(14-7-3-1-4-8-14)15-9-5-2-6-10-15/h1-10,12-13,17,19,22H,11H2,(H,24,28)/t17-,22-/m1/s1. The summed E-state index contributed by atoms with van der Waals surface area (Å²) in [5.41, 5.74) is 4.87. The summed E-state index contributed by atoms with van der Waals surface area (Å²) in [5, 5.41) is 11.4. The Kier molecular flexibility index (Phi) is 6.21. The number of nitrogens with one attached hydrogen (secondary N) is 1. The molecule has 2 amide bonds. The zero-order chi connectivity index (χ0) is 22.8. The number of hydrogen-bond donors (Lipinski definition) is 1. The number of fused-ring (bicyclic) bond motifs is 1. The van der Waals surface area contributed by atoms with Gasteiger partial charge in [-0.1, -0.05) is 60.7 Å². The van der Waals surface area contributed by atoms with Crippen LogP contribution in [0.25, 0.3) is 5.57 Å². The van der Waals surface area contributed by atoms with E-state index in [1.165, 1.54) is 11.3 Å². The SMILES string of the molecule is O=CN[C@@H]1C(=O)N2C(C(=S)OC(c3ccccc3)c3ccccc3)=C(c3nncs3)CS[C@H]12. The summed E-state index contributed by atoms with van der Waals surface area (Å²) in [5.74, 6) is 0.346. The van der Waals surface area contributed by atoms with E-state index in [-0.39, 0.29) is 16.3 Å². The molecule has 0 unspecified atom stereocenters. The number of β-lactam (4-membered cyclic amide) rings is 1. The molecule has 10 heteroatoms. The second-order valence-electron chi connectivity index (χ2n) is 7.35. The molecule has 1 aromatic heterocycles. The number of nitrogens with zero attached hydrogens (tertiary/aromatic N) is 3. The molecule has 0 radical (unpaired) electrons. The first-order valence-electron chi connectivity index (χ1n) is 10.1. The molecule has 166 valence electrons. The second kappa shape index (κ2) is 9.42. The van der Waals surface area contributed by atoms with E-state index < -0.39 is 12.1 Å². The number of benzene rings is 2. The van der Waals surface area contributed by atoms with Crippen molar-refractivity contribution in [3.63, 3.8) is 0 Å². The topological polar surface area (TPSA) is 84.4 Å². The molecule has 2 aromatic carbocycles. The second-order valence-corrected chi connectivity index (χ2v) is 9.66. The summed E-state index contributed by atoms with van der Waals surface area (Å²) in [6.45, 7) is 0. The number of thiocarbonyl (C=S) groups is 1. The lowest BCUT2D eigenvalue weighted by Gasteiger charge is -2.49. The average Bonchev–Trinajstić information content (AvgIpc) is 3.40. The average molecular weight is 495 g/mol. The Balaban J connectivity index is 1.53. The van der Waals surface area contributed by atoms with Gasteiger partial charge in [0.2, 0.25) is 11.5 Å². The first-order valence-corrected chi connectivity index (χ1v) is 12.5. The minimum absolute atomic E-state index is 0.209. The Labute approximate surface area is 203 Å². The van der Waals surface area contributed by atoms with Crippen LogP contribution in [0.4, 0.5) is 0 Å². The van der Waals surface area contributed by atoms with Gasteiger partial charge >= 0.3 is 0 Å². The van der Waals surface area contributed by atoms with E-state index in [0.29, 0.717) is 22.9 Å². The van der Waals surface area contributed by atoms with Gasteiger partial charge in [-0.2, -0.15) is 0 Å². The predicted molar refractivity (Wildman–Crippen MR) is 131 cm³/mol. The molecule has 3 aromatic rings. The Morgan fingerprint density at radius 3 is 2.39 bits per heavy atom. The van der Waals surface area contributed by atoms with Gasteiger partial charge in [0.1, 0.15) is 33.7 Å². The van der Waals surface area contributed by atoms with Crippen molar-refractivity contribution >= 4 is 58.3 Å². The summed E-state index contributed by atoms with van der Waals surface area (Å²) in [6, 6.07) is 19.0. The Morgan fingerprint density at radius 2 is 1.82 bits per heavy atom. The van der Waals surface area contributed by atoms with E-state index in [1.807, 2.05) is 60.7 Å². The molecule has 2 aliphatic heterocycles. The number of hydrogen-bond acceptors (Lipinski definition) is 8. The van der Waals surface area contributed by atoms with Crippen LogP contribution >= 0.6 is 35.3 Å². The number of amides is 2. The maximum Gasteiger partial charge on any atom is 0.253 e. The molecule has 1 N–H and O–H groups in total. The third-order valence-corrected chi connectivity index (χ3v) is 7.78. The van der Waals surface area contributed by atoms with Crippen molar-refractivity contribution in [1.29, 1.82) is 0 Å². The lowest BCUT2D eigenvalue weighted by molar-refractivity contribution is -0.143. The van der Waals surface area contributed by atoms with Gasteiger partial charge in [-0.3, -0.25) is 14.5 Å². The van der Waals surface area contributed by atoms with E-state index >= 15 is 0 Å². The lowest BCUT2D eigenvalue weighted by atomic mass is 10.0. The van der Waals surface area contributed by atoms with Crippen LogP contribution in [-0.4, -0.2) is 49.6 Å². The van der Waals surface area contributed by atoms with Crippen LogP contribution in [0.3, 0.4) is 0 Å². The van der Waals surface area contributed by atoms with Gasteiger partial charge < -0.3 is 10.1 Å². The molecular formula is C23H18N4O3S3. The van der Waals surface area contributed by atoms with Crippen molar-refractivity contribution in [2.45, 2.75) is 17.5 Å². The first kappa shape index (κ1) is 21.7. The first-order chi connectivity index (χ1) is 16.2. The molecule has 2 atom stereocenters. The monoisotopic (exact) mass is 494 g/mol. The quantitative estimate of drug-likeness (QED) is 0.306. The summed E-state index contributed by atoms with van der Waals surface area (Å²) in [6.07, 6.45) is 0.108. The molecule has 1 fully saturated rings. The van der Waals surface area contributed by atoms with E-state index in [2.05, 4.69) is 15.5 Å². The number of rotatable bonds is 7. The number of ether oxygens (including phenoxy) is 1. The van der Waals surface area contributed by atoms with Crippen molar-refractivity contribution in [1.82, 2.24) is 20.4 Å². The predicted octanol–water partition coefficient (Wildman–Crippen LogP) is 3.41. The summed E-state index contributed by atoms with van der Waals surface area (Å²) in [7, 11) is 0. The third kappa shape index (κ3) is 4.05. The number of carbonyl (C=O) groups excluding carboxylic acids is 2. The van der Waals surface area contributed by atoms with E-state index in [0.717, 1.165) is 16.7 Å². The van der Waals surface area contributed by atoms with Crippen LogP contribution in [0.5, 0.6) is 0 Å². The third-order valence-electron chi connectivity index (χ3n) is 5.46. The number of carbonyl (C=O) groups is 2. The zero-order valence-corrected chi connectivity index (χ0v) is 19.6. The van der Waals surface area contributed by atoms with Gasteiger partial charge in [0.15, 0.2) is 0 Å². The van der Waals surface area contributed by atoms with Gasteiger partial charge in [0, 0.05) is 11.3 Å². The molecule has 1 saturated heterocycles. The van der Waals surface area contributed by atoms with Crippen LogP contribution in [0.1, 0.15) is 22.2 Å². The number of aromatic nitrogens is 2. The zero-order valence-electron chi connectivity index (χ0n) is 17.2. The van der Waals surface area contributed by atoms with Gasteiger partial charge in [-0.05, 0) is 23.3 Å². The molecule has 7 nitrogen and oxygen atoms in total. The smallest absolute Gasteiger partial charge is 0.253 e. The maximum atomic E-state index is 13.0. The lowest BCUT2D eigenvalue weighted by Crippen LogP contribution is -2.69. The molecule has 3 heterocycles. The molecule has 33 heavy (non-hydrogen) atoms. The van der Waals surface area contributed by atoms with Crippen LogP contribution < -0.4 is 5.32 Å². The largest absolute Gasteiger partial charge is 0.469 e. The molecule has 5 rings (SSSR count). The summed E-state index contributed by atoms with van der Waals surface area (Å²) in [4.78, 5) is 25.5. The van der Waals surface area contributed by atoms with E-state index in [9.17, 15) is 9.59 Å². The summed E-state index contributed by atoms with van der Waals surface area (Å²) < 4.78 is 6.42. The fourth-order valence-electron chi connectivity index (χ4n) is 3.92. The highest BCUT2D eigenvalue weighted by Gasteiger charge is 2.53. The van der Waals surface area contributed by atoms with Crippen molar-refractivity contribution in [3.05, 3.63) is 88.0 Å². The van der Waals surface area contributed by atoms with E-state index in [1.54, 1.807) is 22.2 Å². The normalized spacial score (nSPS) is 19.7. The maximum absolute atomic E-state index is 13.0. The van der Waals surface area contributed by atoms with E-state index in [4.69, 9.17) is 17.0 Å². The molecule has 0 spiro atoms. The molecule has 0 aliphatic carbocycles. The fraction of sp³-hybridized carbons (Fsp3) is 0.174. The van der Waals surface area contributed by atoms with Crippen LogP contribution in [0.15, 0.2) is 71.9 Å². The Hall–Kier alpha value is -3.08. The van der Waals surface area contributed by atoms with Crippen molar-refractivity contribution < 1.29 is 14.3 Å². The number of thioether (sulfide) groups is 1. The van der Waals surface area contributed by atoms with Crippen LogP contribution in [0, 0.1) is 0 Å². The van der Waals surface area contributed by atoms with Crippen molar-refractivity contribution in [2.24, 2.45) is 0 Å². The van der Waals surface area contributed by atoms with Crippen molar-refractivity contribution in [3.8, 4) is 0 Å². The van der Waals surface area contributed by atoms with Gasteiger partial charge in [-0.25, -0.2) is 0 Å². The minimum atomic E-state index is -0.583. The highest BCUT2D eigenvalue weighted by atomic mass is 32.2. The minimum Gasteiger partial charge on any atom is -0.469 e. The van der Waals surface area contributed by atoms with Crippen molar-refractivity contribution in [2.75, 3.05) is 5.75 Å².